The third kappa shape index (κ3) is 3.06. The molecule has 3 rings (SSSR count). The minimum atomic E-state index is -1.50. The first-order chi connectivity index (χ1) is 10.9. The lowest BCUT2D eigenvalue weighted by atomic mass is 9.99. The molecule has 1 aromatic rings. The van der Waals surface area contributed by atoms with Crippen LogP contribution in [0.1, 0.15) is 11.7 Å². The second kappa shape index (κ2) is 6.73. The molecule has 1 unspecified atom stereocenters. The molecule has 0 amide bonds. The second-order valence-electron chi connectivity index (χ2n) is 5.33. The fourth-order valence-corrected chi connectivity index (χ4v) is 3.20. The Hall–Kier alpha value is -0.580. The van der Waals surface area contributed by atoms with Crippen LogP contribution in [0, 0.1) is 0 Å². The monoisotopic (exact) mass is 407 g/mol. The van der Waals surface area contributed by atoms with Gasteiger partial charge in [-0.15, -0.1) is 0 Å². The SMILES string of the molecule is OC[C@H]1O[C@@H](OC2C=Nc3ccc(Br)c(Cl)c32)[C@H](O)[C@@H](O)[C@H]1O. The summed E-state index contributed by atoms with van der Waals surface area (Å²) in [4.78, 5) is 4.19. The maximum absolute atomic E-state index is 10.0. The standard InChI is InChI=1S/C14H15BrClNO6/c15-5-1-2-6-9(10(5)16)7(3-17-6)22-14-13(21)12(20)11(19)8(4-18)23-14/h1-3,7-8,11-14,18-21H,4H2/t7?,8-,11+,12+,13-,14-/m1/s1. The number of hydrogen-bond acceptors (Lipinski definition) is 7. The summed E-state index contributed by atoms with van der Waals surface area (Å²) in [6.07, 6.45) is -5.87. The molecule has 0 radical (unpaired) electrons. The molecule has 0 saturated carbocycles. The van der Waals surface area contributed by atoms with E-state index in [-0.39, 0.29) is 0 Å². The van der Waals surface area contributed by atoms with Gasteiger partial charge in [-0.2, -0.15) is 0 Å². The maximum Gasteiger partial charge on any atom is 0.187 e. The average Bonchev–Trinajstić information content (AvgIpc) is 2.95. The summed E-state index contributed by atoms with van der Waals surface area (Å²) in [5.74, 6) is 0. The van der Waals surface area contributed by atoms with E-state index in [2.05, 4.69) is 20.9 Å². The summed E-state index contributed by atoms with van der Waals surface area (Å²) in [6.45, 7) is -0.521. The molecule has 0 aromatic heterocycles. The molecule has 6 atom stereocenters. The van der Waals surface area contributed by atoms with Gasteiger partial charge in [0.05, 0.1) is 17.3 Å². The molecule has 2 heterocycles. The van der Waals surface area contributed by atoms with Gasteiger partial charge < -0.3 is 29.9 Å². The zero-order chi connectivity index (χ0) is 16.7. The van der Waals surface area contributed by atoms with E-state index >= 15 is 0 Å². The van der Waals surface area contributed by atoms with Crippen LogP contribution in [-0.4, -0.2) is 64.0 Å². The number of aliphatic hydroxyl groups excluding tert-OH is 4. The van der Waals surface area contributed by atoms with Gasteiger partial charge in [0.25, 0.3) is 0 Å². The van der Waals surface area contributed by atoms with Gasteiger partial charge in [-0.3, -0.25) is 4.99 Å². The van der Waals surface area contributed by atoms with Crippen molar-refractivity contribution >= 4 is 39.4 Å². The van der Waals surface area contributed by atoms with Crippen LogP contribution < -0.4 is 0 Å². The highest BCUT2D eigenvalue weighted by atomic mass is 79.9. The molecular formula is C14H15BrClNO6. The Bertz CT molecular complexity index is 628. The first-order valence-electron chi connectivity index (χ1n) is 6.92. The van der Waals surface area contributed by atoms with E-state index in [0.29, 0.717) is 20.7 Å². The van der Waals surface area contributed by atoms with Gasteiger partial charge in [0.2, 0.25) is 0 Å². The van der Waals surface area contributed by atoms with E-state index in [1.807, 2.05) is 0 Å². The summed E-state index contributed by atoms with van der Waals surface area (Å²) in [6, 6.07) is 3.52. The molecule has 0 spiro atoms. The molecule has 1 saturated heterocycles. The molecule has 1 fully saturated rings. The smallest absolute Gasteiger partial charge is 0.187 e. The highest BCUT2D eigenvalue weighted by Gasteiger charge is 2.45. The largest absolute Gasteiger partial charge is 0.394 e. The van der Waals surface area contributed by atoms with Gasteiger partial charge in [-0.25, -0.2) is 0 Å². The first-order valence-corrected chi connectivity index (χ1v) is 8.09. The summed E-state index contributed by atoms with van der Waals surface area (Å²) in [5.41, 5.74) is 1.24. The summed E-state index contributed by atoms with van der Waals surface area (Å²) >= 11 is 9.58. The number of aliphatic imine (C=N–C) groups is 1. The molecule has 2 aliphatic heterocycles. The molecule has 2 aliphatic rings. The first kappa shape index (κ1) is 17.2. The molecule has 1 aromatic carbocycles. The number of fused-ring (bicyclic) bond motifs is 1. The lowest BCUT2D eigenvalue weighted by Crippen LogP contribution is -2.59. The van der Waals surface area contributed by atoms with Gasteiger partial charge >= 0.3 is 0 Å². The van der Waals surface area contributed by atoms with Crippen LogP contribution in [0.3, 0.4) is 0 Å². The van der Waals surface area contributed by atoms with Gasteiger partial charge in [0.15, 0.2) is 6.29 Å². The Balaban J connectivity index is 1.81. The quantitative estimate of drug-likeness (QED) is 0.585. The van der Waals surface area contributed by atoms with Crippen molar-refractivity contribution in [1.29, 1.82) is 0 Å². The lowest BCUT2D eigenvalue weighted by molar-refractivity contribution is -0.306. The van der Waals surface area contributed by atoms with Crippen LogP contribution >= 0.6 is 27.5 Å². The number of aliphatic hydroxyl groups is 4. The number of benzene rings is 1. The molecule has 9 heteroatoms. The van der Waals surface area contributed by atoms with Crippen molar-refractivity contribution in [3.05, 3.63) is 27.2 Å². The Labute approximate surface area is 145 Å². The minimum absolute atomic E-state index is 0.426. The van der Waals surface area contributed by atoms with Crippen LogP contribution in [0.2, 0.25) is 5.02 Å². The van der Waals surface area contributed by atoms with Crippen molar-refractivity contribution in [3.8, 4) is 0 Å². The number of halogens is 2. The third-order valence-electron chi connectivity index (χ3n) is 3.87. The van der Waals surface area contributed by atoms with Gasteiger partial charge in [-0.05, 0) is 28.1 Å². The Morgan fingerprint density at radius 2 is 1.96 bits per heavy atom. The minimum Gasteiger partial charge on any atom is -0.394 e. The number of rotatable bonds is 3. The maximum atomic E-state index is 10.0. The highest BCUT2D eigenvalue weighted by Crippen LogP contribution is 2.42. The average molecular weight is 409 g/mol. The van der Waals surface area contributed by atoms with Crippen LogP contribution in [-0.2, 0) is 9.47 Å². The molecule has 4 N–H and O–H groups in total. The Morgan fingerprint density at radius 3 is 2.65 bits per heavy atom. The lowest BCUT2D eigenvalue weighted by Gasteiger charge is -2.40. The van der Waals surface area contributed by atoms with Crippen molar-refractivity contribution in [2.45, 2.75) is 36.8 Å². The van der Waals surface area contributed by atoms with Crippen LogP contribution in [0.4, 0.5) is 5.69 Å². The van der Waals surface area contributed by atoms with Crippen LogP contribution in [0.25, 0.3) is 0 Å². The van der Waals surface area contributed by atoms with E-state index in [0.717, 1.165) is 0 Å². The zero-order valence-corrected chi connectivity index (χ0v) is 14.1. The fraction of sp³-hybridized carbons (Fsp3) is 0.500. The molecule has 126 valence electrons. The summed E-state index contributed by atoms with van der Waals surface area (Å²) in [5, 5.41) is 39.2. The van der Waals surface area contributed by atoms with Crippen molar-refractivity contribution < 1.29 is 29.9 Å². The van der Waals surface area contributed by atoms with E-state index in [1.54, 1.807) is 12.1 Å². The highest BCUT2D eigenvalue weighted by molar-refractivity contribution is 9.10. The van der Waals surface area contributed by atoms with E-state index in [4.69, 9.17) is 21.1 Å². The van der Waals surface area contributed by atoms with Crippen molar-refractivity contribution in [3.63, 3.8) is 0 Å². The summed E-state index contributed by atoms with van der Waals surface area (Å²) in [7, 11) is 0. The van der Waals surface area contributed by atoms with E-state index < -0.39 is 43.4 Å². The van der Waals surface area contributed by atoms with Gasteiger partial charge in [0, 0.05) is 16.3 Å². The molecule has 23 heavy (non-hydrogen) atoms. The Kier molecular flexibility index (Phi) is 5.05. The predicted octanol–water partition coefficient (Wildman–Crippen LogP) is 0.676. The summed E-state index contributed by atoms with van der Waals surface area (Å²) < 4.78 is 11.7. The topological polar surface area (TPSA) is 112 Å². The number of hydrogen-bond donors (Lipinski definition) is 4. The number of ether oxygens (including phenoxy) is 2. The number of nitrogens with zero attached hydrogens (tertiary/aromatic N) is 1. The van der Waals surface area contributed by atoms with Crippen LogP contribution in [0.5, 0.6) is 0 Å². The van der Waals surface area contributed by atoms with Gasteiger partial charge in [0.1, 0.15) is 30.5 Å². The molecule has 0 aliphatic carbocycles. The van der Waals surface area contributed by atoms with Crippen molar-refractivity contribution in [1.82, 2.24) is 0 Å². The fourth-order valence-electron chi connectivity index (χ4n) is 2.59. The van der Waals surface area contributed by atoms with E-state index in [9.17, 15) is 20.4 Å². The predicted molar refractivity (Wildman–Crippen MR) is 84.9 cm³/mol. The molecular weight excluding hydrogens is 394 g/mol. The van der Waals surface area contributed by atoms with Crippen LogP contribution in [0.15, 0.2) is 21.6 Å². The van der Waals surface area contributed by atoms with Crippen molar-refractivity contribution in [2.75, 3.05) is 6.61 Å². The third-order valence-corrected chi connectivity index (χ3v) is 5.17. The normalized spacial score (nSPS) is 36.3. The van der Waals surface area contributed by atoms with Crippen molar-refractivity contribution in [2.24, 2.45) is 4.99 Å². The molecule has 0 bridgehead atoms. The molecule has 7 nitrogen and oxygen atoms in total. The zero-order valence-electron chi connectivity index (χ0n) is 11.7. The second-order valence-corrected chi connectivity index (χ2v) is 6.56. The Morgan fingerprint density at radius 1 is 1.22 bits per heavy atom. The van der Waals surface area contributed by atoms with Gasteiger partial charge in [-0.1, -0.05) is 11.6 Å². The van der Waals surface area contributed by atoms with E-state index in [1.165, 1.54) is 6.21 Å².